The van der Waals surface area contributed by atoms with Gasteiger partial charge in [0.25, 0.3) is 0 Å². The third-order valence-electron chi connectivity index (χ3n) is 2.91. The second-order valence-electron chi connectivity index (χ2n) is 4.49. The number of halogens is 2. The number of nitrogens with one attached hydrogen (secondary N) is 1. The second-order valence-corrected chi connectivity index (χ2v) is 4.49. The number of ether oxygens (including phenoxy) is 1. The van der Waals surface area contributed by atoms with E-state index < -0.39 is 23.2 Å². The molecule has 1 aromatic carbocycles. The van der Waals surface area contributed by atoms with E-state index in [0.717, 1.165) is 24.1 Å². The van der Waals surface area contributed by atoms with Gasteiger partial charge in [0.1, 0.15) is 5.84 Å². The first-order valence-electron chi connectivity index (χ1n) is 6.43. The molecule has 3 N–H and O–H groups in total. The van der Waals surface area contributed by atoms with Crippen LogP contribution in [0.15, 0.2) is 36.7 Å². The second kappa shape index (κ2) is 6.78. The van der Waals surface area contributed by atoms with Gasteiger partial charge in [-0.05, 0) is 42.7 Å². The van der Waals surface area contributed by atoms with Gasteiger partial charge in [-0.25, -0.2) is 8.78 Å². The first kappa shape index (κ1) is 14.9. The summed E-state index contributed by atoms with van der Waals surface area (Å²) in [5.74, 6) is -2.54. The Morgan fingerprint density at radius 1 is 1.19 bits per heavy atom. The maximum Gasteiger partial charge on any atom is 0.190 e. The van der Waals surface area contributed by atoms with Gasteiger partial charge in [0.05, 0.1) is 6.61 Å². The van der Waals surface area contributed by atoms with Crippen LogP contribution < -0.4 is 10.5 Å². The fraction of sp³-hybridized carbons (Fsp3) is 0.200. The number of benzene rings is 1. The molecule has 4 nitrogen and oxygen atoms in total. The van der Waals surface area contributed by atoms with Crippen molar-refractivity contribution in [1.82, 2.24) is 4.98 Å². The summed E-state index contributed by atoms with van der Waals surface area (Å²) in [5.41, 5.74) is 6.27. The molecule has 1 aromatic heterocycles. The molecule has 0 aliphatic rings. The molecule has 1 heterocycles. The third kappa shape index (κ3) is 3.98. The summed E-state index contributed by atoms with van der Waals surface area (Å²) < 4.78 is 32.5. The molecule has 0 amide bonds. The van der Waals surface area contributed by atoms with Gasteiger partial charge in [-0.3, -0.25) is 10.4 Å². The molecule has 0 fully saturated rings. The van der Waals surface area contributed by atoms with Crippen LogP contribution in [-0.4, -0.2) is 17.4 Å². The molecule has 21 heavy (non-hydrogen) atoms. The Morgan fingerprint density at radius 2 is 1.81 bits per heavy atom. The highest BCUT2D eigenvalue weighted by Gasteiger charge is 2.13. The number of pyridine rings is 1. The Balaban J connectivity index is 1.93. The van der Waals surface area contributed by atoms with Crippen LogP contribution in [0.2, 0.25) is 0 Å². The van der Waals surface area contributed by atoms with Gasteiger partial charge in [0.15, 0.2) is 17.4 Å². The minimum absolute atomic E-state index is 0.00543. The molecule has 0 atom stereocenters. The van der Waals surface area contributed by atoms with Crippen molar-refractivity contribution in [3.63, 3.8) is 0 Å². The normalized spacial score (nSPS) is 10.4. The molecule has 0 saturated heterocycles. The van der Waals surface area contributed by atoms with E-state index in [1.54, 1.807) is 12.4 Å². The Morgan fingerprint density at radius 3 is 2.38 bits per heavy atom. The van der Waals surface area contributed by atoms with E-state index >= 15 is 0 Å². The number of aromatic nitrogens is 1. The summed E-state index contributed by atoms with van der Waals surface area (Å²) >= 11 is 0. The topological polar surface area (TPSA) is 72.0 Å². The predicted molar refractivity (Wildman–Crippen MR) is 75.4 cm³/mol. The van der Waals surface area contributed by atoms with E-state index in [-0.39, 0.29) is 12.2 Å². The minimum atomic E-state index is -0.857. The number of hydrogen-bond acceptors (Lipinski definition) is 3. The number of nitrogens with zero attached hydrogens (tertiary/aromatic N) is 1. The summed E-state index contributed by atoms with van der Waals surface area (Å²) in [6.07, 6.45) is 4.74. The molecule has 110 valence electrons. The predicted octanol–water partition coefficient (Wildman–Crippen LogP) is 2.66. The molecule has 0 bridgehead atoms. The van der Waals surface area contributed by atoms with Crippen LogP contribution in [0.4, 0.5) is 8.78 Å². The first-order valence-corrected chi connectivity index (χ1v) is 6.43. The summed E-state index contributed by atoms with van der Waals surface area (Å²) in [6, 6.07) is 5.73. The van der Waals surface area contributed by atoms with Gasteiger partial charge < -0.3 is 10.5 Å². The van der Waals surface area contributed by atoms with Gasteiger partial charge in [-0.1, -0.05) is 0 Å². The number of aryl methyl sites for hydroxylation is 1. The zero-order valence-electron chi connectivity index (χ0n) is 11.3. The van der Waals surface area contributed by atoms with Crippen LogP contribution in [-0.2, 0) is 6.42 Å². The van der Waals surface area contributed by atoms with Crippen molar-refractivity contribution in [3.05, 3.63) is 59.4 Å². The summed E-state index contributed by atoms with van der Waals surface area (Å²) in [6.45, 7) is 0.190. The Hall–Kier alpha value is -2.50. The zero-order chi connectivity index (χ0) is 15.2. The van der Waals surface area contributed by atoms with Crippen LogP contribution in [0, 0.1) is 17.0 Å². The molecule has 6 heteroatoms. The molecule has 2 rings (SSSR count). The van der Waals surface area contributed by atoms with Crippen LogP contribution in [0.1, 0.15) is 17.5 Å². The van der Waals surface area contributed by atoms with Crippen molar-refractivity contribution in [1.29, 1.82) is 5.41 Å². The molecule has 0 radical (unpaired) electrons. The molecule has 0 spiro atoms. The van der Waals surface area contributed by atoms with E-state index in [1.165, 1.54) is 0 Å². The lowest BCUT2D eigenvalue weighted by Gasteiger charge is -2.09. The van der Waals surface area contributed by atoms with Gasteiger partial charge in [0, 0.05) is 18.0 Å². The van der Waals surface area contributed by atoms with Crippen molar-refractivity contribution in [2.24, 2.45) is 5.73 Å². The highest BCUT2D eigenvalue weighted by atomic mass is 19.1. The van der Waals surface area contributed by atoms with E-state index in [0.29, 0.717) is 6.42 Å². The van der Waals surface area contributed by atoms with Gasteiger partial charge >= 0.3 is 0 Å². The average molecular weight is 291 g/mol. The molecule has 2 aromatic rings. The Kier molecular flexibility index (Phi) is 4.81. The van der Waals surface area contributed by atoms with Crippen molar-refractivity contribution < 1.29 is 13.5 Å². The quantitative estimate of drug-likeness (QED) is 0.488. The van der Waals surface area contributed by atoms with E-state index in [4.69, 9.17) is 15.9 Å². The van der Waals surface area contributed by atoms with Crippen LogP contribution >= 0.6 is 0 Å². The lowest BCUT2D eigenvalue weighted by molar-refractivity contribution is 0.280. The lowest BCUT2D eigenvalue weighted by Crippen LogP contribution is -2.12. The van der Waals surface area contributed by atoms with E-state index in [9.17, 15) is 8.78 Å². The first-order chi connectivity index (χ1) is 10.1. The molecule has 0 aliphatic heterocycles. The van der Waals surface area contributed by atoms with Crippen LogP contribution in [0.5, 0.6) is 5.75 Å². The Labute approximate surface area is 121 Å². The van der Waals surface area contributed by atoms with Crippen molar-refractivity contribution in [3.8, 4) is 5.75 Å². The van der Waals surface area contributed by atoms with Crippen molar-refractivity contribution in [2.45, 2.75) is 12.8 Å². The van der Waals surface area contributed by atoms with Crippen molar-refractivity contribution >= 4 is 5.84 Å². The number of hydrogen-bond donors (Lipinski definition) is 2. The SMILES string of the molecule is N=C(N)c1cc(F)c(OCCCc2ccncc2)c(F)c1. The fourth-order valence-electron chi connectivity index (χ4n) is 1.85. The summed E-state index contributed by atoms with van der Waals surface area (Å²) in [5, 5.41) is 7.16. The molecular weight excluding hydrogens is 276 g/mol. The third-order valence-corrected chi connectivity index (χ3v) is 2.91. The zero-order valence-corrected chi connectivity index (χ0v) is 11.3. The summed E-state index contributed by atoms with van der Waals surface area (Å²) in [4.78, 5) is 3.91. The molecule has 0 unspecified atom stereocenters. The minimum Gasteiger partial charge on any atom is -0.488 e. The highest BCUT2D eigenvalue weighted by molar-refractivity contribution is 5.95. The number of nitrogen functional groups attached to an aromatic ring is 1. The lowest BCUT2D eigenvalue weighted by atomic mass is 10.1. The monoisotopic (exact) mass is 291 g/mol. The number of nitrogens with two attached hydrogens (primary N) is 1. The largest absolute Gasteiger partial charge is 0.488 e. The van der Waals surface area contributed by atoms with Crippen LogP contribution in [0.3, 0.4) is 0 Å². The van der Waals surface area contributed by atoms with Gasteiger partial charge in [0.2, 0.25) is 0 Å². The van der Waals surface area contributed by atoms with Crippen molar-refractivity contribution in [2.75, 3.05) is 6.61 Å². The van der Waals surface area contributed by atoms with Crippen LogP contribution in [0.25, 0.3) is 0 Å². The molecular formula is C15H15F2N3O. The van der Waals surface area contributed by atoms with Gasteiger partial charge in [-0.2, -0.15) is 0 Å². The smallest absolute Gasteiger partial charge is 0.190 e. The highest BCUT2D eigenvalue weighted by Crippen LogP contribution is 2.23. The Bertz CT molecular complexity index is 609. The molecule has 0 saturated carbocycles. The summed E-state index contributed by atoms with van der Waals surface area (Å²) in [7, 11) is 0. The fourth-order valence-corrected chi connectivity index (χ4v) is 1.85. The maximum atomic E-state index is 13.7. The number of amidine groups is 1. The van der Waals surface area contributed by atoms with E-state index in [1.807, 2.05) is 12.1 Å². The van der Waals surface area contributed by atoms with E-state index in [2.05, 4.69) is 4.98 Å². The van der Waals surface area contributed by atoms with Gasteiger partial charge in [-0.15, -0.1) is 0 Å². The average Bonchev–Trinajstić information content (AvgIpc) is 2.46. The molecule has 0 aliphatic carbocycles. The number of rotatable bonds is 6. The maximum absolute atomic E-state index is 13.7. The standard InChI is InChI=1S/C15H15F2N3O/c16-12-8-11(15(18)19)9-13(17)14(12)21-7-1-2-10-3-5-20-6-4-10/h3-6,8-9H,1-2,7H2,(H3,18,19).